The van der Waals surface area contributed by atoms with E-state index in [0.29, 0.717) is 6.61 Å². The Morgan fingerprint density at radius 1 is 1.00 bits per heavy atom. The minimum Gasteiger partial charge on any atom is -0.396 e. The molecule has 0 rings (SSSR count). The third-order valence-corrected chi connectivity index (χ3v) is 1.67. The van der Waals surface area contributed by atoms with E-state index in [1.54, 1.807) is 0 Å². The van der Waals surface area contributed by atoms with Crippen molar-refractivity contribution in [1.82, 2.24) is 0 Å². The molecule has 11 heavy (non-hydrogen) atoms. The van der Waals surface area contributed by atoms with Crippen molar-refractivity contribution >= 4 is 0 Å². The van der Waals surface area contributed by atoms with Gasteiger partial charge in [-0.1, -0.05) is 31.9 Å². The second kappa shape index (κ2) is 9.70. The van der Waals surface area contributed by atoms with Crippen molar-refractivity contribution in [3.05, 3.63) is 12.2 Å². The lowest BCUT2D eigenvalue weighted by atomic mass is 10.2. The fourth-order valence-corrected chi connectivity index (χ4v) is 0.932. The lowest BCUT2D eigenvalue weighted by Crippen LogP contribution is -1.80. The smallest absolute Gasteiger partial charge is 0.0431 e. The van der Waals surface area contributed by atoms with Crippen LogP contribution >= 0.6 is 0 Å². The number of unbranched alkanes of at least 4 members (excludes halogenated alkanes) is 4. The van der Waals surface area contributed by atoms with Crippen molar-refractivity contribution in [2.45, 2.75) is 45.4 Å². The van der Waals surface area contributed by atoms with Crippen molar-refractivity contribution < 1.29 is 5.11 Å². The van der Waals surface area contributed by atoms with E-state index in [4.69, 9.17) is 5.11 Å². The maximum atomic E-state index is 8.48. The Morgan fingerprint density at radius 2 is 1.64 bits per heavy atom. The van der Waals surface area contributed by atoms with Crippen LogP contribution in [0, 0.1) is 0 Å². The van der Waals surface area contributed by atoms with Gasteiger partial charge in [-0.15, -0.1) is 0 Å². The van der Waals surface area contributed by atoms with E-state index in [1.165, 1.54) is 19.3 Å². The Balaban J connectivity index is 2.91. The molecule has 0 saturated heterocycles. The molecule has 1 heteroatoms. The molecule has 0 unspecified atom stereocenters. The van der Waals surface area contributed by atoms with Gasteiger partial charge in [-0.25, -0.2) is 0 Å². The first-order valence-corrected chi connectivity index (χ1v) is 4.67. The van der Waals surface area contributed by atoms with Crippen molar-refractivity contribution in [3.8, 4) is 0 Å². The van der Waals surface area contributed by atoms with Crippen LogP contribution in [0.4, 0.5) is 0 Å². The Labute approximate surface area is 70.1 Å². The molecule has 1 nitrogen and oxygen atoms in total. The van der Waals surface area contributed by atoms with Gasteiger partial charge in [-0.2, -0.15) is 0 Å². The van der Waals surface area contributed by atoms with Crippen LogP contribution in [-0.2, 0) is 0 Å². The van der Waals surface area contributed by atoms with Gasteiger partial charge < -0.3 is 5.11 Å². The van der Waals surface area contributed by atoms with Gasteiger partial charge in [0.25, 0.3) is 0 Å². The van der Waals surface area contributed by atoms with E-state index >= 15 is 0 Å². The molecule has 0 bridgehead atoms. The molecule has 0 heterocycles. The second-order valence-electron chi connectivity index (χ2n) is 2.83. The summed E-state index contributed by atoms with van der Waals surface area (Å²) in [6.45, 7) is 2.54. The number of rotatable bonds is 7. The van der Waals surface area contributed by atoms with Crippen molar-refractivity contribution in [1.29, 1.82) is 0 Å². The summed E-state index contributed by atoms with van der Waals surface area (Å²) in [6, 6.07) is 0. The quantitative estimate of drug-likeness (QED) is 0.444. The highest BCUT2D eigenvalue weighted by molar-refractivity contribution is 4.80. The minimum absolute atomic E-state index is 0.336. The largest absolute Gasteiger partial charge is 0.396 e. The van der Waals surface area contributed by atoms with Gasteiger partial charge >= 0.3 is 0 Å². The lowest BCUT2D eigenvalue weighted by molar-refractivity contribution is 0.285. The summed E-state index contributed by atoms with van der Waals surface area (Å²) in [5, 5.41) is 8.48. The maximum absolute atomic E-state index is 8.48. The van der Waals surface area contributed by atoms with E-state index in [1.807, 2.05) is 0 Å². The first-order chi connectivity index (χ1) is 5.41. The van der Waals surface area contributed by atoms with Crippen molar-refractivity contribution in [2.75, 3.05) is 6.61 Å². The molecule has 0 aliphatic carbocycles. The topological polar surface area (TPSA) is 20.2 Å². The molecule has 0 aromatic heterocycles. The molecule has 0 spiro atoms. The fourth-order valence-electron chi connectivity index (χ4n) is 0.932. The molecular formula is C10H20O. The molecule has 0 aromatic rings. The molecule has 0 aromatic carbocycles. The summed E-state index contributed by atoms with van der Waals surface area (Å²) in [6.07, 6.45) is 11.5. The highest BCUT2D eigenvalue weighted by Gasteiger charge is 1.82. The molecule has 0 amide bonds. The first-order valence-electron chi connectivity index (χ1n) is 4.67. The number of hydrogen-bond donors (Lipinski definition) is 1. The minimum atomic E-state index is 0.336. The number of allylic oxidation sites excluding steroid dienone is 2. The van der Waals surface area contributed by atoms with Crippen LogP contribution < -0.4 is 0 Å². The third kappa shape index (κ3) is 9.70. The second-order valence-corrected chi connectivity index (χ2v) is 2.83. The van der Waals surface area contributed by atoms with Crippen LogP contribution in [0.15, 0.2) is 12.2 Å². The normalized spacial score (nSPS) is 11.1. The zero-order valence-electron chi connectivity index (χ0n) is 7.55. The van der Waals surface area contributed by atoms with E-state index in [2.05, 4.69) is 19.1 Å². The molecular weight excluding hydrogens is 136 g/mol. The summed E-state index contributed by atoms with van der Waals surface area (Å²) >= 11 is 0. The molecule has 0 fully saturated rings. The van der Waals surface area contributed by atoms with Crippen molar-refractivity contribution in [3.63, 3.8) is 0 Å². The SMILES string of the molecule is CCCC/C=C\CCCCO. The summed E-state index contributed by atoms with van der Waals surface area (Å²) in [5.74, 6) is 0. The van der Waals surface area contributed by atoms with Gasteiger partial charge in [-0.05, 0) is 25.7 Å². The molecule has 0 aliphatic heterocycles. The van der Waals surface area contributed by atoms with E-state index < -0.39 is 0 Å². The number of hydrogen-bond acceptors (Lipinski definition) is 1. The summed E-state index contributed by atoms with van der Waals surface area (Å²) in [5.41, 5.74) is 0. The Hall–Kier alpha value is -0.300. The molecule has 1 N–H and O–H groups in total. The van der Waals surface area contributed by atoms with Gasteiger partial charge in [0.2, 0.25) is 0 Å². The standard InChI is InChI=1S/C10H20O/c1-2-3-4-5-6-7-8-9-10-11/h5-6,11H,2-4,7-10H2,1H3/b6-5-. The monoisotopic (exact) mass is 156 g/mol. The van der Waals surface area contributed by atoms with E-state index in [0.717, 1.165) is 19.3 Å². The van der Waals surface area contributed by atoms with Crippen LogP contribution in [0.1, 0.15) is 45.4 Å². The van der Waals surface area contributed by atoms with Gasteiger partial charge in [0.05, 0.1) is 0 Å². The van der Waals surface area contributed by atoms with Gasteiger partial charge in [0, 0.05) is 6.61 Å². The average Bonchev–Trinajstić information content (AvgIpc) is 2.03. The van der Waals surface area contributed by atoms with Crippen LogP contribution in [0.25, 0.3) is 0 Å². The van der Waals surface area contributed by atoms with Crippen LogP contribution in [0.5, 0.6) is 0 Å². The van der Waals surface area contributed by atoms with Crippen LogP contribution in [-0.4, -0.2) is 11.7 Å². The first kappa shape index (κ1) is 10.7. The van der Waals surface area contributed by atoms with Crippen LogP contribution in [0.3, 0.4) is 0 Å². The highest BCUT2D eigenvalue weighted by atomic mass is 16.2. The summed E-state index contributed by atoms with van der Waals surface area (Å²) in [4.78, 5) is 0. The Bertz CT molecular complexity index is 86.9. The molecule has 0 atom stereocenters. The zero-order valence-corrected chi connectivity index (χ0v) is 7.55. The third-order valence-electron chi connectivity index (χ3n) is 1.67. The average molecular weight is 156 g/mol. The number of aliphatic hydroxyl groups excluding tert-OH is 1. The highest BCUT2D eigenvalue weighted by Crippen LogP contribution is 1.99. The predicted octanol–water partition coefficient (Wildman–Crippen LogP) is 2.90. The Morgan fingerprint density at radius 3 is 2.18 bits per heavy atom. The molecule has 0 radical (unpaired) electrons. The summed E-state index contributed by atoms with van der Waals surface area (Å²) < 4.78 is 0. The van der Waals surface area contributed by atoms with E-state index in [-0.39, 0.29) is 0 Å². The van der Waals surface area contributed by atoms with E-state index in [9.17, 15) is 0 Å². The fraction of sp³-hybridized carbons (Fsp3) is 0.800. The number of aliphatic hydroxyl groups is 1. The van der Waals surface area contributed by atoms with Crippen LogP contribution in [0.2, 0.25) is 0 Å². The van der Waals surface area contributed by atoms with Gasteiger partial charge in [-0.3, -0.25) is 0 Å². The zero-order chi connectivity index (χ0) is 8.36. The maximum Gasteiger partial charge on any atom is 0.0431 e. The van der Waals surface area contributed by atoms with Gasteiger partial charge in [0.1, 0.15) is 0 Å². The Kier molecular flexibility index (Phi) is 9.44. The van der Waals surface area contributed by atoms with Gasteiger partial charge in [0.15, 0.2) is 0 Å². The molecule has 0 aliphatic rings. The van der Waals surface area contributed by atoms with Crippen molar-refractivity contribution in [2.24, 2.45) is 0 Å². The molecule has 0 saturated carbocycles. The molecule has 66 valence electrons. The lowest BCUT2D eigenvalue weighted by Gasteiger charge is -1.91. The summed E-state index contributed by atoms with van der Waals surface area (Å²) in [7, 11) is 0. The predicted molar refractivity (Wildman–Crippen MR) is 49.6 cm³/mol.